The predicted octanol–water partition coefficient (Wildman–Crippen LogP) is 3.89. The van der Waals surface area contributed by atoms with Crippen molar-refractivity contribution in [2.75, 3.05) is 26.7 Å². The molecule has 0 spiro atoms. The minimum atomic E-state index is -1.69. The van der Waals surface area contributed by atoms with Crippen LogP contribution in [0.15, 0.2) is 60.7 Å². The molecule has 0 saturated carbocycles. The van der Waals surface area contributed by atoms with Gasteiger partial charge >= 0.3 is 0 Å². The van der Waals surface area contributed by atoms with Crippen LogP contribution in [-0.2, 0) is 10.4 Å². The van der Waals surface area contributed by atoms with E-state index >= 15 is 0 Å². The molecule has 1 unspecified atom stereocenters. The lowest BCUT2D eigenvalue weighted by Crippen LogP contribution is -2.51. The molecule has 1 atom stereocenters. The van der Waals surface area contributed by atoms with E-state index in [1.54, 1.807) is 4.90 Å². The molecule has 156 valence electrons. The van der Waals surface area contributed by atoms with Crippen molar-refractivity contribution in [1.29, 1.82) is 0 Å². The zero-order chi connectivity index (χ0) is 20.9. The topological polar surface area (TPSA) is 43.8 Å². The molecule has 3 rings (SSSR count). The lowest BCUT2D eigenvalue weighted by Gasteiger charge is -2.37. The molecular formula is C25H34N2O2. The molecule has 4 nitrogen and oxygen atoms in total. The summed E-state index contributed by atoms with van der Waals surface area (Å²) in [5.41, 5.74) is -0.487. The van der Waals surface area contributed by atoms with Crippen LogP contribution in [0.4, 0.5) is 0 Å². The van der Waals surface area contributed by atoms with Gasteiger partial charge in [-0.2, -0.15) is 0 Å². The third-order valence-corrected chi connectivity index (χ3v) is 5.92. The van der Waals surface area contributed by atoms with Gasteiger partial charge in [0.2, 0.25) is 0 Å². The van der Waals surface area contributed by atoms with Gasteiger partial charge in [-0.25, -0.2) is 0 Å². The zero-order valence-electron chi connectivity index (χ0n) is 17.9. The van der Waals surface area contributed by atoms with E-state index < -0.39 is 5.60 Å². The van der Waals surface area contributed by atoms with Crippen molar-refractivity contribution in [2.45, 2.75) is 44.8 Å². The first-order chi connectivity index (χ1) is 13.9. The number of amides is 1. The number of hydrogen-bond donors (Lipinski definition) is 1. The van der Waals surface area contributed by atoms with Gasteiger partial charge in [-0.15, -0.1) is 0 Å². The van der Waals surface area contributed by atoms with Crippen molar-refractivity contribution in [3.8, 4) is 0 Å². The molecule has 29 heavy (non-hydrogen) atoms. The fraction of sp³-hybridized carbons (Fsp3) is 0.480. The van der Waals surface area contributed by atoms with Crippen LogP contribution in [0.2, 0.25) is 0 Å². The fourth-order valence-electron chi connectivity index (χ4n) is 4.44. The van der Waals surface area contributed by atoms with Crippen molar-refractivity contribution in [2.24, 2.45) is 5.92 Å². The molecule has 1 saturated heterocycles. The number of likely N-dealkylation sites (N-methyl/N-ethyl adjacent to an activating group) is 1. The summed E-state index contributed by atoms with van der Waals surface area (Å²) in [6, 6.07) is 18.9. The number of likely N-dealkylation sites (tertiary alicyclic amines) is 1. The van der Waals surface area contributed by atoms with Crippen LogP contribution in [0.25, 0.3) is 0 Å². The van der Waals surface area contributed by atoms with Crippen LogP contribution in [-0.4, -0.2) is 53.5 Å². The molecule has 0 radical (unpaired) electrons. The second-order valence-electron chi connectivity index (χ2n) is 8.65. The number of carbonyl (C=O) groups excluding carboxylic acids is 1. The first kappa shape index (κ1) is 21.5. The Balaban J connectivity index is 1.88. The maximum absolute atomic E-state index is 13.7. The lowest BCUT2D eigenvalue weighted by molar-refractivity contribution is -0.147. The molecule has 0 aromatic heterocycles. The third-order valence-electron chi connectivity index (χ3n) is 5.92. The second kappa shape index (κ2) is 9.55. The van der Waals surface area contributed by atoms with Crippen LogP contribution in [0.5, 0.6) is 0 Å². The van der Waals surface area contributed by atoms with E-state index in [1.165, 1.54) is 12.8 Å². The van der Waals surface area contributed by atoms with Crippen molar-refractivity contribution < 1.29 is 9.90 Å². The van der Waals surface area contributed by atoms with Gasteiger partial charge in [-0.1, -0.05) is 74.5 Å². The van der Waals surface area contributed by atoms with Crippen molar-refractivity contribution in [1.82, 2.24) is 9.80 Å². The van der Waals surface area contributed by atoms with Gasteiger partial charge < -0.3 is 10.0 Å². The maximum Gasteiger partial charge on any atom is 0.263 e. The number of rotatable bonds is 8. The average Bonchev–Trinajstić information content (AvgIpc) is 3.28. The van der Waals surface area contributed by atoms with Gasteiger partial charge in [0, 0.05) is 19.6 Å². The summed E-state index contributed by atoms with van der Waals surface area (Å²) in [5.74, 6) is 0.286. The van der Waals surface area contributed by atoms with E-state index in [2.05, 4.69) is 18.7 Å². The van der Waals surface area contributed by atoms with E-state index in [-0.39, 0.29) is 5.91 Å². The standard InChI is InChI=1S/C25H34N2O2/c1-20(2)18-23(27-16-10-11-17-27)19-26(3)24(28)25(29,21-12-6-4-7-13-21)22-14-8-5-9-15-22/h4-9,12-15,20,23,29H,10-11,16-19H2,1-3H3. The normalized spacial score (nSPS) is 16.2. The van der Waals surface area contributed by atoms with E-state index in [0.717, 1.165) is 19.5 Å². The summed E-state index contributed by atoms with van der Waals surface area (Å²) in [6.07, 6.45) is 3.50. The Hall–Kier alpha value is -2.17. The minimum Gasteiger partial charge on any atom is -0.372 e. The monoisotopic (exact) mass is 394 g/mol. The third kappa shape index (κ3) is 4.88. The van der Waals surface area contributed by atoms with Gasteiger partial charge in [0.25, 0.3) is 5.91 Å². The maximum atomic E-state index is 13.7. The van der Waals surface area contributed by atoms with Crippen LogP contribution < -0.4 is 0 Å². The molecule has 2 aromatic rings. The predicted molar refractivity (Wildman–Crippen MR) is 118 cm³/mol. The molecule has 1 fully saturated rings. The number of carbonyl (C=O) groups is 1. The fourth-order valence-corrected chi connectivity index (χ4v) is 4.44. The van der Waals surface area contributed by atoms with Gasteiger partial charge in [0.05, 0.1) is 0 Å². The molecule has 1 aliphatic heterocycles. The summed E-state index contributed by atoms with van der Waals surface area (Å²) in [7, 11) is 1.82. The highest BCUT2D eigenvalue weighted by atomic mass is 16.3. The smallest absolute Gasteiger partial charge is 0.263 e. The Morgan fingerprint density at radius 3 is 1.93 bits per heavy atom. The van der Waals surface area contributed by atoms with E-state index in [1.807, 2.05) is 67.7 Å². The summed E-state index contributed by atoms with van der Waals surface area (Å²) < 4.78 is 0. The number of benzene rings is 2. The Bertz CT molecular complexity index is 730. The lowest BCUT2D eigenvalue weighted by atomic mass is 9.85. The number of nitrogens with zero attached hydrogens (tertiary/aromatic N) is 2. The SMILES string of the molecule is CC(C)CC(CN(C)C(=O)C(O)(c1ccccc1)c1ccccc1)N1CCCC1. The van der Waals surface area contributed by atoms with Crippen LogP contribution in [0, 0.1) is 5.92 Å². The minimum absolute atomic E-state index is 0.275. The van der Waals surface area contributed by atoms with E-state index in [9.17, 15) is 9.90 Å². The second-order valence-corrected chi connectivity index (χ2v) is 8.65. The van der Waals surface area contributed by atoms with Gasteiger partial charge in [0.15, 0.2) is 5.60 Å². The largest absolute Gasteiger partial charge is 0.372 e. The molecule has 0 aliphatic carbocycles. The van der Waals surface area contributed by atoms with E-state index in [4.69, 9.17) is 0 Å². The molecule has 1 aliphatic rings. The zero-order valence-corrected chi connectivity index (χ0v) is 17.9. The van der Waals surface area contributed by atoms with Crippen LogP contribution >= 0.6 is 0 Å². The first-order valence-electron chi connectivity index (χ1n) is 10.8. The number of aliphatic hydroxyl groups is 1. The van der Waals surface area contributed by atoms with Crippen LogP contribution in [0.3, 0.4) is 0 Å². The van der Waals surface area contributed by atoms with Gasteiger partial charge in [0.1, 0.15) is 0 Å². The Morgan fingerprint density at radius 2 is 1.48 bits per heavy atom. The average molecular weight is 395 g/mol. The summed E-state index contributed by atoms with van der Waals surface area (Å²) in [4.78, 5) is 17.9. The van der Waals surface area contributed by atoms with Crippen LogP contribution in [0.1, 0.15) is 44.2 Å². The Labute approximate surface area is 175 Å². The number of hydrogen-bond acceptors (Lipinski definition) is 3. The van der Waals surface area contributed by atoms with Gasteiger partial charge in [-0.05, 0) is 49.4 Å². The van der Waals surface area contributed by atoms with Crippen molar-refractivity contribution >= 4 is 5.91 Å². The molecule has 1 N–H and O–H groups in total. The highest BCUT2D eigenvalue weighted by Crippen LogP contribution is 2.32. The highest BCUT2D eigenvalue weighted by Gasteiger charge is 2.42. The summed E-state index contributed by atoms with van der Waals surface area (Å²) >= 11 is 0. The Kier molecular flexibility index (Phi) is 7.09. The molecule has 2 aromatic carbocycles. The van der Waals surface area contributed by atoms with Gasteiger partial charge in [-0.3, -0.25) is 9.69 Å². The molecule has 1 amide bonds. The summed E-state index contributed by atoms with van der Waals surface area (Å²) in [5, 5.41) is 11.7. The quantitative estimate of drug-likeness (QED) is 0.739. The summed E-state index contributed by atoms with van der Waals surface area (Å²) in [6.45, 7) is 7.28. The molecule has 1 heterocycles. The molecule has 0 bridgehead atoms. The highest BCUT2D eigenvalue weighted by molar-refractivity contribution is 5.90. The van der Waals surface area contributed by atoms with Crippen molar-refractivity contribution in [3.05, 3.63) is 71.8 Å². The Morgan fingerprint density at radius 1 is 1.00 bits per heavy atom. The van der Waals surface area contributed by atoms with Crippen molar-refractivity contribution in [3.63, 3.8) is 0 Å². The molecule has 4 heteroatoms. The van der Waals surface area contributed by atoms with E-state index in [0.29, 0.717) is 29.6 Å². The first-order valence-corrected chi connectivity index (χ1v) is 10.8. The molecular weight excluding hydrogens is 360 g/mol.